The number of nitro groups is 1. The molecular weight excluding hydrogens is 304 g/mol. The zero-order chi connectivity index (χ0) is 15.6. The third kappa shape index (κ3) is 3.38. The van der Waals surface area contributed by atoms with Crippen molar-refractivity contribution in [1.82, 2.24) is 0 Å². The van der Waals surface area contributed by atoms with Crippen molar-refractivity contribution in [3.8, 4) is 0 Å². The quantitative estimate of drug-likeness (QED) is 0.494. The van der Waals surface area contributed by atoms with E-state index in [0.717, 1.165) is 12.1 Å². The lowest BCUT2D eigenvalue weighted by atomic mass is 10.1. The Labute approximate surface area is 123 Å². The molecule has 0 spiro atoms. The molecule has 0 bridgehead atoms. The molecule has 2 aromatic carbocycles. The zero-order valence-electron chi connectivity index (χ0n) is 10.5. The number of hydrogen-bond acceptors (Lipinski definition) is 4. The largest absolute Gasteiger partial charge is 0.399 e. The molecule has 0 saturated carbocycles. The number of hydrogen-bond donors (Lipinski definition) is 2. The van der Waals surface area contributed by atoms with Crippen LogP contribution in [0.4, 0.5) is 31.5 Å². The summed E-state index contributed by atoms with van der Waals surface area (Å²) in [5, 5.41) is 13.7. The number of nitrogens with two attached hydrogens (primary N) is 1. The fraction of sp³-hybridized carbons (Fsp3) is 0.0769. The predicted octanol–water partition coefficient (Wildman–Crippen LogP) is 4.51. The number of alkyl halides is 2. The molecule has 0 aliphatic heterocycles. The average Bonchev–Trinajstić information content (AvgIpc) is 2.42. The zero-order valence-corrected chi connectivity index (χ0v) is 11.3. The van der Waals surface area contributed by atoms with Gasteiger partial charge >= 0.3 is 0 Å². The first-order valence-corrected chi connectivity index (χ1v) is 6.15. The molecule has 3 N–H and O–H groups in total. The van der Waals surface area contributed by atoms with Crippen molar-refractivity contribution in [3.05, 3.63) is 57.1 Å². The van der Waals surface area contributed by atoms with Gasteiger partial charge in [0.1, 0.15) is 0 Å². The van der Waals surface area contributed by atoms with E-state index in [1.165, 1.54) is 18.2 Å². The van der Waals surface area contributed by atoms with Crippen LogP contribution in [-0.2, 0) is 0 Å². The summed E-state index contributed by atoms with van der Waals surface area (Å²) in [5.41, 5.74) is 5.49. The highest BCUT2D eigenvalue weighted by atomic mass is 35.5. The van der Waals surface area contributed by atoms with Gasteiger partial charge in [-0.05, 0) is 24.3 Å². The Morgan fingerprint density at radius 3 is 2.52 bits per heavy atom. The second-order valence-electron chi connectivity index (χ2n) is 4.19. The smallest absolute Gasteiger partial charge is 0.270 e. The molecule has 0 atom stereocenters. The maximum absolute atomic E-state index is 13.0. The molecule has 0 saturated heterocycles. The summed E-state index contributed by atoms with van der Waals surface area (Å²) in [5.74, 6) is 0. The number of nitrogen functional groups attached to an aromatic ring is 1. The Kier molecular flexibility index (Phi) is 4.23. The first-order valence-electron chi connectivity index (χ1n) is 5.77. The van der Waals surface area contributed by atoms with E-state index in [0.29, 0.717) is 16.4 Å². The highest BCUT2D eigenvalue weighted by molar-refractivity contribution is 6.33. The summed E-state index contributed by atoms with van der Waals surface area (Å²) in [6, 6.07) is 7.74. The van der Waals surface area contributed by atoms with Crippen LogP contribution in [0.5, 0.6) is 0 Å². The van der Waals surface area contributed by atoms with Crippen LogP contribution in [-0.4, -0.2) is 4.92 Å². The van der Waals surface area contributed by atoms with E-state index in [1.807, 2.05) is 0 Å². The van der Waals surface area contributed by atoms with Gasteiger partial charge in [-0.3, -0.25) is 10.1 Å². The van der Waals surface area contributed by atoms with Crippen LogP contribution in [0.3, 0.4) is 0 Å². The summed E-state index contributed by atoms with van der Waals surface area (Å²) >= 11 is 5.95. The molecule has 2 rings (SSSR count). The van der Waals surface area contributed by atoms with Gasteiger partial charge < -0.3 is 11.1 Å². The number of halogens is 3. The molecule has 21 heavy (non-hydrogen) atoms. The minimum atomic E-state index is -2.87. The summed E-state index contributed by atoms with van der Waals surface area (Å²) in [4.78, 5) is 9.91. The molecule has 0 fully saturated rings. The lowest BCUT2D eigenvalue weighted by molar-refractivity contribution is -0.385. The van der Waals surface area contributed by atoms with Gasteiger partial charge in [0.15, 0.2) is 0 Å². The van der Waals surface area contributed by atoms with Crippen molar-refractivity contribution in [2.75, 3.05) is 11.1 Å². The maximum Gasteiger partial charge on any atom is 0.270 e. The molecule has 110 valence electrons. The van der Waals surface area contributed by atoms with Crippen LogP contribution in [0.15, 0.2) is 36.4 Å². The highest BCUT2D eigenvalue weighted by Gasteiger charge is 2.18. The van der Waals surface area contributed by atoms with Crippen molar-refractivity contribution in [1.29, 1.82) is 0 Å². The van der Waals surface area contributed by atoms with Gasteiger partial charge in [0.05, 0.1) is 15.6 Å². The van der Waals surface area contributed by atoms with E-state index in [2.05, 4.69) is 5.32 Å². The minimum absolute atomic E-state index is 0.0306. The molecule has 5 nitrogen and oxygen atoms in total. The van der Waals surface area contributed by atoms with Gasteiger partial charge in [0.25, 0.3) is 12.1 Å². The van der Waals surface area contributed by atoms with E-state index in [1.54, 1.807) is 6.07 Å². The van der Waals surface area contributed by atoms with E-state index >= 15 is 0 Å². The number of anilines is 3. The van der Waals surface area contributed by atoms with Crippen molar-refractivity contribution >= 4 is 34.4 Å². The van der Waals surface area contributed by atoms with Crippen LogP contribution in [0.25, 0.3) is 0 Å². The van der Waals surface area contributed by atoms with E-state index in [9.17, 15) is 18.9 Å². The number of benzene rings is 2. The summed E-state index contributed by atoms with van der Waals surface area (Å²) in [7, 11) is 0. The Morgan fingerprint density at radius 2 is 1.90 bits per heavy atom. The van der Waals surface area contributed by atoms with Crippen LogP contribution >= 0.6 is 11.6 Å². The SMILES string of the molecule is Nc1ccc(Cl)c(Nc2ccc([N+](=O)[O-])cc2C(F)F)c1. The maximum atomic E-state index is 13.0. The summed E-state index contributed by atoms with van der Waals surface area (Å²) in [6.45, 7) is 0. The topological polar surface area (TPSA) is 81.2 Å². The van der Waals surface area contributed by atoms with Crippen molar-refractivity contribution in [3.63, 3.8) is 0 Å². The van der Waals surface area contributed by atoms with Crippen LogP contribution in [0, 0.1) is 10.1 Å². The van der Waals surface area contributed by atoms with Crippen molar-refractivity contribution < 1.29 is 13.7 Å². The Hall–Kier alpha value is -2.41. The van der Waals surface area contributed by atoms with Gasteiger partial charge in [0, 0.05) is 29.1 Å². The molecule has 0 aliphatic rings. The second kappa shape index (κ2) is 5.92. The van der Waals surface area contributed by atoms with E-state index < -0.39 is 22.6 Å². The Balaban J connectivity index is 2.44. The van der Waals surface area contributed by atoms with Gasteiger partial charge in [-0.25, -0.2) is 8.78 Å². The van der Waals surface area contributed by atoms with Crippen LogP contribution in [0.1, 0.15) is 12.0 Å². The number of non-ortho nitro benzene ring substituents is 1. The minimum Gasteiger partial charge on any atom is -0.399 e. The first-order chi connectivity index (χ1) is 9.88. The summed E-state index contributed by atoms with van der Waals surface area (Å²) < 4.78 is 26.1. The van der Waals surface area contributed by atoms with Crippen molar-refractivity contribution in [2.24, 2.45) is 0 Å². The third-order valence-electron chi connectivity index (χ3n) is 2.74. The summed E-state index contributed by atoms with van der Waals surface area (Å²) in [6.07, 6.45) is -2.87. The van der Waals surface area contributed by atoms with Crippen molar-refractivity contribution in [2.45, 2.75) is 6.43 Å². The number of nitro benzene ring substituents is 1. The average molecular weight is 314 g/mol. The fourth-order valence-corrected chi connectivity index (χ4v) is 1.91. The molecular formula is C13H10ClF2N3O2. The molecule has 8 heteroatoms. The highest BCUT2D eigenvalue weighted by Crippen LogP contribution is 2.34. The molecule has 2 aromatic rings. The molecule has 0 aromatic heterocycles. The van der Waals surface area contributed by atoms with Crippen LogP contribution < -0.4 is 11.1 Å². The molecule has 0 aliphatic carbocycles. The van der Waals surface area contributed by atoms with E-state index in [4.69, 9.17) is 17.3 Å². The molecule has 0 radical (unpaired) electrons. The fourth-order valence-electron chi connectivity index (χ4n) is 1.74. The van der Waals surface area contributed by atoms with Gasteiger partial charge in [-0.2, -0.15) is 0 Å². The van der Waals surface area contributed by atoms with Gasteiger partial charge in [-0.1, -0.05) is 11.6 Å². The lowest BCUT2D eigenvalue weighted by Crippen LogP contribution is -2.00. The van der Waals surface area contributed by atoms with Crippen LogP contribution in [0.2, 0.25) is 5.02 Å². The predicted molar refractivity (Wildman–Crippen MR) is 77.2 cm³/mol. The number of nitrogens with zero attached hydrogens (tertiary/aromatic N) is 1. The molecule has 0 heterocycles. The van der Waals surface area contributed by atoms with Gasteiger partial charge in [-0.15, -0.1) is 0 Å². The second-order valence-corrected chi connectivity index (χ2v) is 4.60. The van der Waals surface area contributed by atoms with E-state index in [-0.39, 0.29) is 5.69 Å². The number of nitrogens with one attached hydrogen (secondary N) is 1. The molecule has 0 unspecified atom stereocenters. The molecule has 0 amide bonds. The number of rotatable bonds is 4. The first kappa shape index (κ1) is 15.0. The normalized spacial score (nSPS) is 10.7. The van der Waals surface area contributed by atoms with Gasteiger partial charge in [0.2, 0.25) is 0 Å². The Morgan fingerprint density at radius 1 is 1.19 bits per heavy atom. The lowest BCUT2D eigenvalue weighted by Gasteiger charge is -2.13. The monoisotopic (exact) mass is 313 g/mol. The standard InChI is InChI=1S/C13H10ClF2N3O2/c14-10-3-1-7(17)5-12(10)18-11-4-2-8(19(20)21)6-9(11)13(15)16/h1-6,13,18H,17H2. The third-order valence-corrected chi connectivity index (χ3v) is 3.07. The Bertz CT molecular complexity index is 695.